The topological polar surface area (TPSA) is 49.7 Å². The summed E-state index contributed by atoms with van der Waals surface area (Å²) >= 11 is 0. The fourth-order valence-electron chi connectivity index (χ4n) is 1.69. The molecule has 0 saturated heterocycles. The van der Waals surface area contributed by atoms with Crippen LogP contribution < -0.4 is 0 Å². The van der Waals surface area contributed by atoms with Crippen molar-refractivity contribution in [3.63, 3.8) is 0 Å². The monoisotopic (exact) mass is 288 g/mol. The average Bonchev–Trinajstić information content (AvgIpc) is 2.13. The van der Waals surface area contributed by atoms with Gasteiger partial charge in [0.05, 0.1) is 18.3 Å². The molecule has 0 amide bonds. The summed E-state index contributed by atoms with van der Waals surface area (Å²) in [7, 11) is -1.88. The minimum absolute atomic E-state index is 0.0828. The maximum atomic E-state index is 10.1. The van der Waals surface area contributed by atoms with Crippen molar-refractivity contribution >= 4 is 8.32 Å². The van der Waals surface area contributed by atoms with Crippen molar-refractivity contribution in [2.75, 3.05) is 6.61 Å². The maximum absolute atomic E-state index is 10.1. The summed E-state index contributed by atoms with van der Waals surface area (Å²) in [6, 6.07) is 0. The summed E-state index contributed by atoms with van der Waals surface area (Å²) in [4.78, 5) is 0. The van der Waals surface area contributed by atoms with Crippen molar-refractivity contribution in [2.24, 2.45) is 0 Å². The van der Waals surface area contributed by atoms with Gasteiger partial charge in [-0.2, -0.15) is 0 Å². The summed E-state index contributed by atoms with van der Waals surface area (Å²) in [5.41, 5.74) is -0.0555. The molecule has 2 atom stereocenters. The van der Waals surface area contributed by atoms with Crippen LogP contribution in [-0.2, 0) is 4.43 Å². The first kappa shape index (κ1) is 18.8. The van der Waals surface area contributed by atoms with Crippen LogP contribution in [0.15, 0.2) is 12.2 Å². The lowest BCUT2D eigenvalue weighted by Gasteiger charge is -2.40. The molecule has 0 aromatic heterocycles. The van der Waals surface area contributed by atoms with E-state index in [2.05, 4.69) is 40.4 Å². The lowest BCUT2D eigenvalue weighted by Crippen LogP contribution is -2.46. The molecule has 0 aromatic carbocycles. The Labute approximate surface area is 119 Å². The molecule has 4 heteroatoms. The highest BCUT2D eigenvalue weighted by atomic mass is 28.4. The van der Waals surface area contributed by atoms with Crippen LogP contribution in [0, 0.1) is 0 Å². The SMILES string of the molecule is C=C(C)CC(CC(C)(O)CO)O[Si](C)(C)C(C)(C)C. The standard InChI is InChI=1S/C15H32O3Si/c1-12(2)9-13(10-15(6,17)11-16)18-19(7,8)14(3,4)5/h13,16-17H,1,9-11H2,2-8H3. The van der Waals surface area contributed by atoms with Crippen LogP contribution in [0.5, 0.6) is 0 Å². The molecule has 0 rings (SSSR count). The third kappa shape index (κ3) is 6.70. The fourth-order valence-corrected chi connectivity index (χ4v) is 3.05. The van der Waals surface area contributed by atoms with Gasteiger partial charge in [-0.1, -0.05) is 26.3 Å². The van der Waals surface area contributed by atoms with Crippen molar-refractivity contribution in [1.29, 1.82) is 0 Å². The second-order valence-electron chi connectivity index (χ2n) is 7.52. The minimum atomic E-state index is -1.88. The lowest BCUT2D eigenvalue weighted by atomic mass is 9.96. The van der Waals surface area contributed by atoms with Gasteiger partial charge in [-0.05, 0) is 38.4 Å². The van der Waals surface area contributed by atoms with Gasteiger partial charge in [-0.3, -0.25) is 0 Å². The van der Waals surface area contributed by atoms with E-state index < -0.39 is 13.9 Å². The zero-order valence-electron chi connectivity index (χ0n) is 13.7. The van der Waals surface area contributed by atoms with Gasteiger partial charge >= 0.3 is 0 Å². The van der Waals surface area contributed by atoms with E-state index in [4.69, 9.17) is 4.43 Å². The molecule has 19 heavy (non-hydrogen) atoms. The summed E-state index contributed by atoms with van der Waals surface area (Å²) < 4.78 is 6.36. The summed E-state index contributed by atoms with van der Waals surface area (Å²) in [6.07, 6.45) is 1.08. The van der Waals surface area contributed by atoms with Gasteiger partial charge in [0.1, 0.15) is 0 Å². The molecule has 0 aliphatic carbocycles. The van der Waals surface area contributed by atoms with E-state index in [1.807, 2.05) is 6.92 Å². The highest BCUT2D eigenvalue weighted by Gasteiger charge is 2.40. The quantitative estimate of drug-likeness (QED) is 0.557. The van der Waals surface area contributed by atoms with Crippen molar-refractivity contribution < 1.29 is 14.6 Å². The second kappa shape index (κ2) is 6.53. The molecule has 0 aliphatic rings. The molecular weight excluding hydrogens is 256 g/mol. The van der Waals surface area contributed by atoms with Crippen LogP contribution in [0.3, 0.4) is 0 Å². The highest BCUT2D eigenvalue weighted by Crippen LogP contribution is 2.38. The Hall–Kier alpha value is -0.163. The van der Waals surface area contributed by atoms with Crippen molar-refractivity contribution in [3.8, 4) is 0 Å². The van der Waals surface area contributed by atoms with Gasteiger partial charge in [-0.25, -0.2) is 0 Å². The second-order valence-corrected chi connectivity index (χ2v) is 12.3. The van der Waals surface area contributed by atoms with E-state index in [-0.39, 0.29) is 17.7 Å². The van der Waals surface area contributed by atoms with Crippen LogP contribution in [0.2, 0.25) is 18.1 Å². The Morgan fingerprint density at radius 2 is 1.74 bits per heavy atom. The zero-order chi connectivity index (χ0) is 15.5. The zero-order valence-corrected chi connectivity index (χ0v) is 14.7. The van der Waals surface area contributed by atoms with E-state index >= 15 is 0 Å². The molecule has 3 nitrogen and oxygen atoms in total. The number of aliphatic hydroxyl groups is 2. The number of hydrogen-bond acceptors (Lipinski definition) is 3. The van der Waals surface area contributed by atoms with Crippen molar-refractivity contribution in [1.82, 2.24) is 0 Å². The van der Waals surface area contributed by atoms with E-state index in [0.29, 0.717) is 6.42 Å². The number of hydrogen-bond donors (Lipinski definition) is 2. The van der Waals surface area contributed by atoms with E-state index in [1.54, 1.807) is 6.92 Å². The lowest BCUT2D eigenvalue weighted by molar-refractivity contribution is -0.0331. The van der Waals surface area contributed by atoms with E-state index in [1.165, 1.54) is 0 Å². The molecule has 114 valence electrons. The fraction of sp³-hybridized carbons (Fsp3) is 0.867. The normalized spacial score (nSPS) is 17.9. The van der Waals surface area contributed by atoms with Crippen LogP contribution in [0.1, 0.15) is 47.5 Å². The highest BCUT2D eigenvalue weighted by molar-refractivity contribution is 6.74. The molecular formula is C15H32O3Si. The van der Waals surface area contributed by atoms with E-state index in [0.717, 1.165) is 12.0 Å². The Balaban J connectivity index is 4.93. The minimum Gasteiger partial charge on any atom is -0.414 e. The maximum Gasteiger partial charge on any atom is 0.192 e. The Bertz CT molecular complexity index is 303. The third-order valence-corrected chi connectivity index (χ3v) is 8.39. The molecule has 0 heterocycles. The van der Waals surface area contributed by atoms with Gasteiger partial charge in [0, 0.05) is 6.42 Å². The number of aliphatic hydroxyl groups excluding tert-OH is 1. The molecule has 0 aromatic rings. The molecule has 0 aliphatic heterocycles. The summed E-state index contributed by atoms with van der Waals surface area (Å²) in [6.45, 7) is 18.3. The van der Waals surface area contributed by atoms with Crippen LogP contribution >= 0.6 is 0 Å². The summed E-state index contributed by atoms with van der Waals surface area (Å²) in [5, 5.41) is 19.4. The summed E-state index contributed by atoms with van der Waals surface area (Å²) in [5.74, 6) is 0. The van der Waals surface area contributed by atoms with Gasteiger partial charge in [0.2, 0.25) is 0 Å². The van der Waals surface area contributed by atoms with Gasteiger partial charge in [0.15, 0.2) is 8.32 Å². The predicted octanol–water partition coefficient (Wildman–Crippen LogP) is 3.48. The molecule has 0 bridgehead atoms. The largest absolute Gasteiger partial charge is 0.414 e. The van der Waals surface area contributed by atoms with Crippen molar-refractivity contribution in [2.45, 2.75) is 77.3 Å². The Morgan fingerprint density at radius 3 is 2.05 bits per heavy atom. The van der Waals surface area contributed by atoms with Gasteiger partial charge < -0.3 is 14.6 Å². The average molecular weight is 289 g/mol. The molecule has 2 N–H and O–H groups in total. The first-order valence-corrected chi connectivity index (χ1v) is 9.87. The Morgan fingerprint density at radius 1 is 1.26 bits per heavy atom. The smallest absolute Gasteiger partial charge is 0.192 e. The Kier molecular flexibility index (Phi) is 6.47. The molecule has 2 unspecified atom stereocenters. The molecule has 0 saturated carbocycles. The van der Waals surface area contributed by atoms with Crippen LogP contribution in [0.4, 0.5) is 0 Å². The molecule has 0 spiro atoms. The van der Waals surface area contributed by atoms with Crippen LogP contribution in [-0.4, -0.2) is 36.8 Å². The molecule has 0 radical (unpaired) electrons. The van der Waals surface area contributed by atoms with Gasteiger partial charge in [0.25, 0.3) is 0 Å². The molecule has 0 fully saturated rings. The third-order valence-electron chi connectivity index (χ3n) is 3.85. The van der Waals surface area contributed by atoms with Gasteiger partial charge in [-0.15, -0.1) is 6.58 Å². The van der Waals surface area contributed by atoms with Crippen LogP contribution in [0.25, 0.3) is 0 Å². The van der Waals surface area contributed by atoms with Crippen molar-refractivity contribution in [3.05, 3.63) is 12.2 Å². The van der Waals surface area contributed by atoms with E-state index in [9.17, 15) is 10.2 Å². The number of rotatable bonds is 7. The predicted molar refractivity (Wildman–Crippen MR) is 83.8 cm³/mol. The first-order chi connectivity index (χ1) is 8.31. The first-order valence-electron chi connectivity index (χ1n) is 6.96.